The maximum atomic E-state index is 13.5. The number of halogens is 2. The number of hydrogen-bond donors (Lipinski definition) is 1. The second-order valence-electron chi connectivity index (χ2n) is 3.99. The van der Waals surface area contributed by atoms with E-state index in [4.69, 9.17) is 22.1 Å². The molecule has 0 bridgehead atoms. The fourth-order valence-electron chi connectivity index (χ4n) is 1.57. The molecule has 0 heterocycles. The molecule has 18 heavy (non-hydrogen) atoms. The standard InChI is InChI=1S/C14H13ClFNO/c1-9-2-5-13(16)14(6-9)18-11-4-3-10(8-17)12(15)7-11/h2-7H,8,17H2,1H3. The molecule has 4 heteroatoms. The van der Waals surface area contributed by atoms with Crippen molar-refractivity contribution in [2.75, 3.05) is 0 Å². The first-order chi connectivity index (χ1) is 8.60. The molecule has 94 valence electrons. The molecule has 0 spiro atoms. The molecule has 0 aliphatic carbocycles. The number of nitrogens with two attached hydrogens (primary N) is 1. The summed E-state index contributed by atoms with van der Waals surface area (Å²) in [6.07, 6.45) is 0. The Labute approximate surface area is 110 Å². The van der Waals surface area contributed by atoms with Crippen molar-refractivity contribution >= 4 is 11.6 Å². The van der Waals surface area contributed by atoms with E-state index in [1.165, 1.54) is 6.07 Å². The normalized spacial score (nSPS) is 10.4. The van der Waals surface area contributed by atoms with Gasteiger partial charge in [-0.2, -0.15) is 0 Å². The minimum absolute atomic E-state index is 0.187. The molecule has 2 N–H and O–H groups in total. The molecule has 0 fully saturated rings. The summed E-state index contributed by atoms with van der Waals surface area (Å²) < 4.78 is 19.0. The van der Waals surface area contributed by atoms with Crippen LogP contribution in [-0.4, -0.2) is 0 Å². The van der Waals surface area contributed by atoms with Gasteiger partial charge in [-0.3, -0.25) is 0 Å². The van der Waals surface area contributed by atoms with Gasteiger partial charge in [0.25, 0.3) is 0 Å². The van der Waals surface area contributed by atoms with Crippen molar-refractivity contribution < 1.29 is 9.13 Å². The fourth-order valence-corrected chi connectivity index (χ4v) is 1.82. The highest BCUT2D eigenvalue weighted by molar-refractivity contribution is 6.31. The van der Waals surface area contributed by atoms with Crippen LogP contribution < -0.4 is 10.5 Å². The Balaban J connectivity index is 2.28. The molecule has 0 aromatic heterocycles. The van der Waals surface area contributed by atoms with Crippen LogP contribution >= 0.6 is 11.6 Å². The van der Waals surface area contributed by atoms with Gasteiger partial charge in [-0.1, -0.05) is 23.7 Å². The average molecular weight is 266 g/mol. The van der Waals surface area contributed by atoms with Gasteiger partial charge in [-0.05, 0) is 42.3 Å². The number of hydrogen-bond acceptors (Lipinski definition) is 2. The smallest absolute Gasteiger partial charge is 0.165 e. The maximum absolute atomic E-state index is 13.5. The van der Waals surface area contributed by atoms with Crippen molar-refractivity contribution in [1.29, 1.82) is 0 Å². The third-order valence-electron chi connectivity index (χ3n) is 2.56. The van der Waals surface area contributed by atoms with Crippen LogP contribution in [0.1, 0.15) is 11.1 Å². The van der Waals surface area contributed by atoms with Crippen LogP contribution in [0.5, 0.6) is 11.5 Å². The first-order valence-corrected chi connectivity index (χ1v) is 5.90. The van der Waals surface area contributed by atoms with E-state index in [-0.39, 0.29) is 5.75 Å². The maximum Gasteiger partial charge on any atom is 0.165 e. The number of benzene rings is 2. The van der Waals surface area contributed by atoms with Crippen molar-refractivity contribution in [3.8, 4) is 11.5 Å². The first-order valence-electron chi connectivity index (χ1n) is 5.52. The summed E-state index contributed by atoms with van der Waals surface area (Å²) in [7, 11) is 0. The van der Waals surface area contributed by atoms with E-state index in [0.717, 1.165) is 11.1 Å². The fraction of sp³-hybridized carbons (Fsp3) is 0.143. The van der Waals surface area contributed by atoms with E-state index in [1.807, 2.05) is 6.92 Å². The van der Waals surface area contributed by atoms with Gasteiger partial charge in [0.05, 0.1) is 0 Å². The summed E-state index contributed by atoms with van der Waals surface area (Å²) in [6.45, 7) is 2.23. The van der Waals surface area contributed by atoms with Crippen LogP contribution in [0.4, 0.5) is 4.39 Å². The van der Waals surface area contributed by atoms with Crippen LogP contribution in [-0.2, 0) is 6.54 Å². The van der Waals surface area contributed by atoms with Gasteiger partial charge in [-0.25, -0.2) is 4.39 Å². The first kappa shape index (κ1) is 12.9. The van der Waals surface area contributed by atoms with Crippen LogP contribution in [0, 0.1) is 12.7 Å². The van der Waals surface area contributed by atoms with Crippen molar-refractivity contribution in [1.82, 2.24) is 0 Å². The van der Waals surface area contributed by atoms with Gasteiger partial charge in [0.1, 0.15) is 5.75 Å². The molecule has 0 saturated carbocycles. The summed E-state index contributed by atoms with van der Waals surface area (Å²) in [4.78, 5) is 0. The second kappa shape index (κ2) is 5.38. The predicted molar refractivity (Wildman–Crippen MR) is 70.6 cm³/mol. The Hall–Kier alpha value is -1.58. The summed E-state index contributed by atoms with van der Waals surface area (Å²) in [5, 5.41) is 0.517. The zero-order valence-corrected chi connectivity index (χ0v) is 10.7. The third-order valence-corrected chi connectivity index (χ3v) is 2.91. The Kier molecular flexibility index (Phi) is 3.84. The SMILES string of the molecule is Cc1ccc(F)c(Oc2ccc(CN)c(Cl)c2)c1. The van der Waals surface area contributed by atoms with Crippen molar-refractivity contribution in [2.24, 2.45) is 5.73 Å². The van der Waals surface area contributed by atoms with Gasteiger partial charge < -0.3 is 10.5 Å². The molecule has 0 aliphatic rings. The van der Waals surface area contributed by atoms with Gasteiger partial charge in [0, 0.05) is 11.6 Å². The van der Waals surface area contributed by atoms with E-state index in [9.17, 15) is 4.39 Å². The lowest BCUT2D eigenvalue weighted by molar-refractivity contribution is 0.441. The van der Waals surface area contributed by atoms with Gasteiger partial charge in [-0.15, -0.1) is 0 Å². The highest BCUT2D eigenvalue weighted by atomic mass is 35.5. The van der Waals surface area contributed by atoms with Crippen molar-refractivity contribution in [2.45, 2.75) is 13.5 Å². The largest absolute Gasteiger partial charge is 0.454 e. The van der Waals surface area contributed by atoms with E-state index < -0.39 is 5.82 Å². The van der Waals surface area contributed by atoms with Gasteiger partial charge in [0.15, 0.2) is 11.6 Å². The van der Waals surface area contributed by atoms with Crippen LogP contribution in [0.3, 0.4) is 0 Å². The third kappa shape index (κ3) is 2.81. The molecule has 0 saturated heterocycles. The Morgan fingerprint density at radius 3 is 2.67 bits per heavy atom. The predicted octanol–water partition coefficient (Wildman–Crippen LogP) is 4.04. The minimum atomic E-state index is -0.403. The molecule has 0 atom stereocenters. The summed E-state index contributed by atoms with van der Waals surface area (Å²) in [5.74, 6) is 0.271. The molecule has 0 aliphatic heterocycles. The number of rotatable bonds is 3. The Morgan fingerprint density at radius 2 is 2.00 bits per heavy atom. The van der Waals surface area contributed by atoms with Crippen molar-refractivity contribution in [3.63, 3.8) is 0 Å². The molecule has 0 unspecified atom stereocenters. The molecule has 2 rings (SSSR count). The lowest BCUT2D eigenvalue weighted by atomic mass is 10.2. The van der Waals surface area contributed by atoms with E-state index >= 15 is 0 Å². The molecule has 2 aromatic rings. The van der Waals surface area contributed by atoms with Crippen LogP contribution in [0.2, 0.25) is 5.02 Å². The molecule has 0 radical (unpaired) electrons. The zero-order chi connectivity index (χ0) is 13.1. The molecular weight excluding hydrogens is 253 g/mol. The highest BCUT2D eigenvalue weighted by Gasteiger charge is 2.06. The molecule has 0 amide bonds. The monoisotopic (exact) mass is 265 g/mol. The Bertz CT molecular complexity index is 572. The lowest BCUT2D eigenvalue weighted by Crippen LogP contribution is -1.97. The van der Waals surface area contributed by atoms with E-state index in [0.29, 0.717) is 17.3 Å². The van der Waals surface area contributed by atoms with Crippen LogP contribution in [0.25, 0.3) is 0 Å². The number of aryl methyl sites for hydroxylation is 1. The highest BCUT2D eigenvalue weighted by Crippen LogP contribution is 2.28. The zero-order valence-electron chi connectivity index (χ0n) is 9.91. The van der Waals surface area contributed by atoms with Crippen molar-refractivity contribution in [3.05, 3.63) is 58.4 Å². The van der Waals surface area contributed by atoms with Crippen LogP contribution in [0.15, 0.2) is 36.4 Å². The lowest BCUT2D eigenvalue weighted by Gasteiger charge is -2.09. The minimum Gasteiger partial charge on any atom is -0.454 e. The molecule has 2 nitrogen and oxygen atoms in total. The average Bonchev–Trinajstić information content (AvgIpc) is 2.34. The number of ether oxygens (including phenoxy) is 1. The van der Waals surface area contributed by atoms with Gasteiger partial charge in [0.2, 0.25) is 0 Å². The summed E-state index contributed by atoms with van der Waals surface area (Å²) >= 11 is 6.01. The van der Waals surface area contributed by atoms with E-state index in [2.05, 4.69) is 0 Å². The Morgan fingerprint density at radius 1 is 1.22 bits per heavy atom. The summed E-state index contributed by atoms with van der Waals surface area (Å²) in [6, 6.07) is 9.82. The van der Waals surface area contributed by atoms with E-state index in [1.54, 1.807) is 30.3 Å². The second-order valence-corrected chi connectivity index (χ2v) is 4.40. The molecular formula is C14H13ClFNO. The van der Waals surface area contributed by atoms with Gasteiger partial charge >= 0.3 is 0 Å². The molecule has 2 aromatic carbocycles. The summed E-state index contributed by atoms with van der Waals surface area (Å²) in [5.41, 5.74) is 7.27. The quantitative estimate of drug-likeness (QED) is 0.909. The topological polar surface area (TPSA) is 35.2 Å².